The van der Waals surface area contributed by atoms with Crippen LogP contribution in [0.2, 0.25) is 0 Å². The van der Waals surface area contributed by atoms with Gasteiger partial charge in [0, 0.05) is 53.6 Å². The van der Waals surface area contributed by atoms with Crippen molar-refractivity contribution >= 4 is 22.9 Å². The van der Waals surface area contributed by atoms with Gasteiger partial charge in [-0.3, -0.25) is 4.79 Å². The lowest BCUT2D eigenvalue weighted by Crippen LogP contribution is -2.70. The number of ether oxygens (including phenoxy) is 4. The number of hydrogen-bond acceptors (Lipinski definition) is 21. The molecule has 0 amide bonds. The number of allylic oxidation sites excluding steroid dienone is 3. The minimum absolute atomic E-state index is 0.0788. The summed E-state index contributed by atoms with van der Waals surface area (Å²) in [5.41, 5.74) is 5.33. The number of fused-ring (bicyclic) bond motifs is 2. The molecule has 5 heterocycles. The molecular formula is C43H49N3O19. The van der Waals surface area contributed by atoms with E-state index < -0.39 is 114 Å². The molecule has 1 aromatic heterocycles. The lowest BCUT2D eigenvalue weighted by molar-refractivity contribution is -0.326. The third-order valence-electron chi connectivity index (χ3n) is 12.3. The Labute approximate surface area is 367 Å². The fourth-order valence-corrected chi connectivity index (χ4v) is 8.86. The van der Waals surface area contributed by atoms with Crippen LogP contribution in [0.15, 0.2) is 69.2 Å². The van der Waals surface area contributed by atoms with Gasteiger partial charge in [-0.05, 0) is 49.1 Å². The number of nitrogens with one attached hydrogen (secondary N) is 2. The summed E-state index contributed by atoms with van der Waals surface area (Å²) in [6.45, 7) is -0.399. The molecule has 22 nitrogen and oxygen atoms in total. The number of aliphatic hydroxyl groups excluding tert-OH is 7. The quantitative estimate of drug-likeness (QED) is 0.0843. The predicted molar refractivity (Wildman–Crippen MR) is 220 cm³/mol. The number of aliphatic carboxylic acids is 1. The van der Waals surface area contributed by atoms with E-state index in [-0.39, 0.29) is 57.3 Å². The summed E-state index contributed by atoms with van der Waals surface area (Å²) in [6, 6.07) is 4.35. The van der Waals surface area contributed by atoms with Crippen LogP contribution >= 0.6 is 0 Å². The molecule has 8 rings (SSSR count). The lowest BCUT2D eigenvalue weighted by Gasteiger charge is -2.49. The number of carboxylic acid groups (broad SMARTS) is 1. The van der Waals surface area contributed by atoms with Gasteiger partial charge in [-0.2, -0.15) is 0 Å². The predicted octanol–water partition coefficient (Wildman–Crippen LogP) is -1.66. The van der Waals surface area contributed by atoms with Crippen LogP contribution in [0.4, 0.5) is 0 Å². The molecule has 350 valence electrons. The number of dihydropyridines is 1. The number of benzene rings is 2. The Morgan fingerprint density at radius 3 is 2.31 bits per heavy atom. The summed E-state index contributed by atoms with van der Waals surface area (Å²) in [7, 11) is 0. The Balaban J connectivity index is 1.30. The monoisotopic (exact) mass is 911 g/mol. The molecular weight excluding hydrogens is 862 g/mol. The summed E-state index contributed by atoms with van der Waals surface area (Å²) in [4.78, 5) is 39.9. The third-order valence-corrected chi connectivity index (χ3v) is 12.3. The Hall–Kier alpha value is -5.79. The van der Waals surface area contributed by atoms with Gasteiger partial charge in [-0.1, -0.05) is 25.3 Å². The summed E-state index contributed by atoms with van der Waals surface area (Å²) >= 11 is 0. The zero-order valence-electron chi connectivity index (χ0n) is 34.3. The molecule has 2 aromatic carbocycles. The van der Waals surface area contributed by atoms with Crippen LogP contribution < -0.4 is 26.5 Å². The van der Waals surface area contributed by atoms with Crippen molar-refractivity contribution < 1.29 is 89.1 Å². The smallest absolute Gasteiger partial charge is 0.340 e. The van der Waals surface area contributed by atoms with Crippen LogP contribution in [0.3, 0.4) is 0 Å². The lowest BCUT2D eigenvalue weighted by atomic mass is 9.85. The number of carbonyl (C=O) groups is 2. The average Bonchev–Trinajstić information content (AvgIpc) is 3.40. The van der Waals surface area contributed by atoms with Crippen LogP contribution in [-0.4, -0.2) is 148 Å². The second-order valence-electron chi connectivity index (χ2n) is 16.6. The van der Waals surface area contributed by atoms with Gasteiger partial charge >= 0.3 is 11.9 Å². The molecule has 1 aliphatic carbocycles. The van der Waals surface area contributed by atoms with E-state index in [1.54, 1.807) is 12.2 Å². The zero-order valence-corrected chi connectivity index (χ0v) is 34.3. The van der Waals surface area contributed by atoms with Gasteiger partial charge in [0.05, 0.1) is 11.9 Å². The van der Waals surface area contributed by atoms with Crippen molar-refractivity contribution in [2.45, 2.75) is 118 Å². The van der Waals surface area contributed by atoms with E-state index in [2.05, 4.69) is 10.6 Å². The van der Waals surface area contributed by atoms with Crippen LogP contribution in [0, 0.1) is 0 Å². The van der Waals surface area contributed by atoms with Crippen molar-refractivity contribution in [2.75, 3.05) is 6.61 Å². The van der Waals surface area contributed by atoms with Crippen LogP contribution in [-0.2, 0) is 30.2 Å². The number of carboxylic acids is 1. The topological polar surface area (TPSA) is 374 Å². The van der Waals surface area contributed by atoms with Gasteiger partial charge in [-0.25, -0.2) is 9.59 Å². The molecule has 1 saturated carbocycles. The Kier molecular flexibility index (Phi) is 12.6. The molecule has 0 radical (unpaired) electrons. The van der Waals surface area contributed by atoms with E-state index in [0.717, 1.165) is 31.4 Å². The first-order chi connectivity index (χ1) is 30.9. The number of rotatable bonds is 9. The SMILES string of the molecule is NC1C=CC([C@@H]2C=C(NC3CCCCC3)[C@]3(Oc4cc5oc(-c6cc(O)c(O)c(CCO)c6)cc(=O)c5c(O)c42)O[C@H](C(=O)O[C@H]2O[C@H](C(=O)O)[C@@H](O)[C@H](O)[C@H]2O)[C@@H](O)[C@H](O)[C@H]3O)=CN1. The first kappa shape index (κ1) is 45.8. The average molecular weight is 912 g/mol. The first-order valence-corrected chi connectivity index (χ1v) is 20.9. The number of hydrogen-bond donors (Lipinski definition) is 14. The molecule has 0 bridgehead atoms. The number of esters is 1. The second-order valence-corrected chi connectivity index (χ2v) is 16.6. The summed E-state index contributed by atoms with van der Waals surface area (Å²) < 4.78 is 29.4. The summed E-state index contributed by atoms with van der Waals surface area (Å²) in [6.07, 6.45) is -11.1. The minimum Gasteiger partial charge on any atom is -0.507 e. The largest absolute Gasteiger partial charge is 0.507 e. The molecule has 5 aliphatic rings. The third kappa shape index (κ3) is 8.26. The van der Waals surface area contributed by atoms with Crippen molar-refractivity contribution in [3.63, 3.8) is 0 Å². The number of aromatic hydroxyl groups is 3. The number of carbonyl (C=O) groups excluding carboxylic acids is 1. The standard InChI is InChI=1S/C43H49N3O19/c44-27-7-6-17(15-45-27)20-12-26(46-19-4-2-1-3-5-19)43(39(57)35(55)34(54)38(65-43)41(60)63-42-36(56)32(52)33(53)37(62-42)40(58)59)64-25-14-24-29(31(51)28(20)25)21(48)13-23(61-24)18-10-16(8-9-47)30(50)22(49)11-18/h6-7,10-15,19-20,27,32-39,42,45-47,49-57H,1-5,8-9,44H2,(H,58,59)/t20-,27?,32-,33-,34-,35-,36+,37-,38-,39+,42+,43-/m0/s1. The first-order valence-electron chi connectivity index (χ1n) is 20.9. The Morgan fingerprint density at radius 2 is 1.63 bits per heavy atom. The fraction of sp³-hybridized carbons (Fsp3) is 0.465. The van der Waals surface area contributed by atoms with Gasteiger partial charge < -0.3 is 95.9 Å². The second kappa shape index (κ2) is 17.9. The molecule has 3 fully saturated rings. The van der Waals surface area contributed by atoms with E-state index >= 15 is 0 Å². The van der Waals surface area contributed by atoms with Gasteiger partial charge in [0.1, 0.15) is 58.7 Å². The number of nitrogens with two attached hydrogens (primary N) is 1. The number of phenolic OH excluding ortho intramolecular Hbond substituents is 3. The van der Waals surface area contributed by atoms with Crippen molar-refractivity contribution in [3.05, 3.63) is 81.3 Å². The fourth-order valence-electron chi connectivity index (χ4n) is 8.86. The Morgan fingerprint density at radius 1 is 0.908 bits per heavy atom. The zero-order chi connectivity index (χ0) is 46.6. The molecule has 12 atom stereocenters. The molecule has 4 aliphatic heterocycles. The van der Waals surface area contributed by atoms with E-state index in [0.29, 0.717) is 18.4 Å². The molecule has 65 heavy (non-hydrogen) atoms. The molecule has 1 spiro atoms. The van der Waals surface area contributed by atoms with Crippen LogP contribution in [0.25, 0.3) is 22.3 Å². The molecule has 15 N–H and O–H groups in total. The molecule has 3 aromatic rings. The van der Waals surface area contributed by atoms with E-state index in [1.807, 2.05) is 0 Å². The highest BCUT2D eigenvalue weighted by Crippen LogP contribution is 2.51. The van der Waals surface area contributed by atoms with Gasteiger partial charge in [-0.15, -0.1) is 0 Å². The normalized spacial score (nSPS) is 32.6. The molecule has 22 heteroatoms. The summed E-state index contributed by atoms with van der Waals surface area (Å²) in [5.74, 6) is -9.58. The maximum Gasteiger partial charge on any atom is 0.340 e. The van der Waals surface area contributed by atoms with E-state index in [4.69, 9.17) is 29.1 Å². The van der Waals surface area contributed by atoms with Crippen molar-refractivity contribution in [2.24, 2.45) is 5.73 Å². The van der Waals surface area contributed by atoms with E-state index in [1.165, 1.54) is 24.4 Å². The van der Waals surface area contributed by atoms with Gasteiger partial charge in [0.15, 0.2) is 35.2 Å². The van der Waals surface area contributed by atoms with Gasteiger partial charge in [0.25, 0.3) is 5.79 Å². The number of aliphatic hydroxyl groups is 7. The maximum absolute atomic E-state index is 14.0. The van der Waals surface area contributed by atoms with Crippen molar-refractivity contribution in [3.8, 4) is 34.3 Å². The highest BCUT2D eigenvalue weighted by Gasteiger charge is 2.62. The van der Waals surface area contributed by atoms with Crippen LogP contribution in [0.5, 0.6) is 23.0 Å². The minimum atomic E-state index is -2.75. The molecule has 1 unspecified atom stereocenters. The highest BCUT2D eigenvalue weighted by molar-refractivity contribution is 5.89. The highest BCUT2D eigenvalue weighted by atomic mass is 16.8. The summed E-state index contributed by atoms with van der Waals surface area (Å²) in [5, 5.41) is 124. The number of phenols is 3. The van der Waals surface area contributed by atoms with Crippen molar-refractivity contribution in [1.29, 1.82) is 0 Å². The van der Waals surface area contributed by atoms with Crippen molar-refractivity contribution in [1.82, 2.24) is 10.6 Å². The Bertz CT molecular complexity index is 2500. The van der Waals surface area contributed by atoms with E-state index in [9.17, 15) is 70.6 Å². The molecule has 2 saturated heterocycles. The maximum atomic E-state index is 14.0. The van der Waals surface area contributed by atoms with Crippen LogP contribution in [0.1, 0.15) is 49.1 Å². The van der Waals surface area contributed by atoms with Gasteiger partial charge in [0.2, 0.25) is 6.29 Å².